The normalized spacial score (nSPS) is 6.75. The van der Waals surface area contributed by atoms with Gasteiger partial charge in [0.05, 0.1) is 0 Å². The maximum absolute atomic E-state index is 10.5. The summed E-state index contributed by atoms with van der Waals surface area (Å²) in [6.07, 6.45) is 0. The van der Waals surface area contributed by atoms with Crippen LogP contribution >= 0.6 is 0 Å². The van der Waals surface area contributed by atoms with Crippen LogP contribution in [0.1, 0.15) is 0 Å². The van der Waals surface area contributed by atoms with E-state index >= 15 is 0 Å². The molecule has 24 valence electrons. The first-order chi connectivity index (χ1) is 1.73. The first-order valence-electron chi connectivity index (χ1n) is 1.01. The Balaban J connectivity index is 2.32. The summed E-state index contributed by atoms with van der Waals surface area (Å²) in [6, 6.07) is 0. The molecule has 0 aliphatic carbocycles. The Morgan fingerprint density at radius 2 is 1.50 bits per heavy atom. The molecule has 0 rings (SSSR count). The van der Waals surface area contributed by atoms with Gasteiger partial charge in [-0.1, -0.05) is 0 Å². The van der Waals surface area contributed by atoms with Crippen molar-refractivity contribution >= 4 is 22.6 Å². The Hall–Kier alpha value is 0.730. The van der Waals surface area contributed by atoms with Crippen LogP contribution in [0.15, 0.2) is 0 Å². The van der Waals surface area contributed by atoms with Crippen LogP contribution in [0.4, 0.5) is 5.33 Å². The van der Waals surface area contributed by atoms with Gasteiger partial charge in [0.15, 0.2) is 0 Å². The summed E-state index contributed by atoms with van der Waals surface area (Å²) in [5, 5.41) is 0. The van der Waals surface area contributed by atoms with Crippen molar-refractivity contribution < 1.29 is 5.33 Å². The molecule has 0 bridgehead atoms. The van der Waals surface area contributed by atoms with Gasteiger partial charge < -0.3 is 0 Å². The minimum absolute atomic E-state index is 1.04. The van der Waals surface area contributed by atoms with Crippen LogP contribution < -0.4 is 0 Å². The summed E-state index contributed by atoms with van der Waals surface area (Å²) < 4.78 is 22.1. The molecule has 0 spiro atoms. The van der Waals surface area contributed by atoms with Crippen LogP contribution in [-0.2, 0) is 0 Å². The Bertz CT molecular complexity index is 10.8. The fourth-order valence-corrected chi connectivity index (χ4v) is 0. The van der Waals surface area contributed by atoms with Crippen LogP contribution in [0, 0.1) is 0 Å². The van der Waals surface area contributed by atoms with Crippen LogP contribution in [0.5, 0.6) is 0 Å². The quantitative estimate of drug-likeness (QED) is 0.506. The molecule has 0 aromatic rings. The number of hydrogen-bond donors (Lipinski definition) is 0. The van der Waals surface area contributed by atoms with Crippen molar-refractivity contribution in [2.45, 2.75) is 4.68 Å². The van der Waals surface area contributed by atoms with E-state index in [0.29, 0.717) is 0 Å². The summed E-state index contributed by atoms with van der Waals surface area (Å²) >= 11 is -3.64. The van der Waals surface area contributed by atoms with Gasteiger partial charge in [0.25, 0.3) is 0 Å². The third kappa shape index (κ3) is 15.3. The predicted molar refractivity (Wildman–Crippen MR) is 13.8 cm³/mol. The van der Waals surface area contributed by atoms with E-state index in [1.807, 2.05) is 0 Å². The maximum atomic E-state index is 10.5. The molecule has 0 fully saturated rings. The van der Waals surface area contributed by atoms with Gasteiger partial charge in [0, 0.05) is 0 Å². The first-order valence-corrected chi connectivity index (χ1v) is 6.80. The minimum atomic E-state index is -3.64. The summed E-state index contributed by atoms with van der Waals surface area (Å²) in [5.74, 6) is 0. The van der Waals surface area contributed by atoms with Crippen LogP contribution in [0.3, 0.4) is 0 Å². The second kappa shape index (κ2) is 2.00. The van der Waals surface area contributed by atoms with Gasteiger partial charge in [-0.15, -0.1) is 0 Å². The van der Waals surface area contributed by atoms with Crippen molar-refractivity contribution in [1.82, 2.24) is 0 Å². The average molecular weight is 168 g/mol. The Morgan fingerprint density at radius 1 is 1.50 bits per heavy atom. The van der Waals surface area contributed by atoms with E-state index in [4.69, 9.17) is 0 Å². The molecule has 0 saturated heterocycles. The van der Waals surface area contributed by atoms with E-state index in [-0.39, 0.29) is 0 Å². The van der Waals surface area contributed by atoms with Crippen LogP contribution in [-0.4, -0.2) is 22.6 Å². The summed E-state index contributed by atoms with van der Waals surface area (Å²) in [5.41, 5.74) is 0. The third-order valence-corrected chi connectivity index (χ3v) is 0. The first kappa shape index (κ1) is 4.73. The van der Waals surface area contributed by atoms with E-state index in [2.05, 4.69) is 0 Å². The Labute approximate surface area is 33.1 Å². The van der Waals surface area contributed by atoms with Gasteiger partial charge in [0.2, 0.25) is 0 Å². The summed E-state index contributed by atoms with van der Waals surface area (Å²) in [4.78, 5) is 0. The second-order valence-corrected chi connectivity index (χ2v) is 3.48. The molecule has 0 aromatic carbocycles. The number of rotatable bonds is 0. The topological polar surface area (TPSA) is 0 Å². The molecule has 0 radical (unpaired) electrons. The van der Waals surface area contributed by atoms with Gasteiger partial charge in [0.1, 0.15) is 0 Å². The zero-order valence-electron chi connectivity index (χ0n) is 2.33. The van der Waals surface area contributed by atoms with E-state index in [1.165, 1.54) is 0 Å². The second-order valence-electron chi connectivity index (χ2n) is 0.519. The molecule has 0 nitrogen and oxygen atoms in total. The van der Waals surface area contributed by atoms with Crippen molar-refractivity contribution in [3.8, 4) is 0 Å². The molecule has 0 aliphatic rings. The van der Waals surface area contributed by atoms with Crippen molar-refractivity contribution in [3.05, 3.63) is 0 Å². The van der Waals surface area contributed by atoms with Gasteiger partial charge in [-0.3, -0.25) is 0 Å². The molecule has 0 saturated carbocycles. The predicted octanol–water partition coefficient (Wildman–Crippen LogP) is 1.04. The summed E-state index contributed by atoms with van der Waals surface area (Å²) in [6.45, 7) is 0. The molecule has 0 aliphatic heterocycles. The molecular formula is CH3F2In. The number of hydrogen-bond acceptors (Lipinski definition) is 0. The average Bonchev–Trinajstić information content (AvgIpc) is 0.811. The van der Waals surface area contributed by atoms with E-state index < -0.39 is 22.6 Å². The molecule has 3 heteroatoms. The molecule has 0 aromatic heterocycles. The fourth-order valence-electron chi connectivity index (χ4n) is 0. The van der Waals surface area contributed by atoms with E-state index in [0.717, 1.165) is 4.68 Å². The third-order valence-electron chi connectivity index (χ3n) is 0. The number of halogens is 2. The fraction of sp³-hybridized carbons (Fsp3) is 1.00. The Kier molecular flexibility index (Phi) is 2.36. The van der Waals surface area contributed by atoms with E-state index in [9.17, 15) is 5.33 Å². The SMILES string of the molecule is [CH3][In]([F])[F]. The van der Waals surface area contributed by atoms with Gasteiger partial charge in [-0.25, -0.2) is 0 Å². The molecule has 4 heavy (non-hydrogen) atoms. The monoisotopic (exact) mass is 168 g/mol. The molecular weight excluding hydrogens is 165 g/mol. The zero-order chi connectivity index (χ0) is 3.58. The van der Waals surface area contributed by atoms with Crippen molar-refractivity contribution in [2.75, 3.05) is 0 Å². The zero-order valence-corrected chi connectivity index (χ0v) is 5.63. The Morgan fingerprint density at radius 3 is 1.50 bits per heavy atom. The van der Waals surface area contributed by atoms with Gasteiger partial charge in [-0.05, 0) is 0 Å². The van der Waals surface area contributed by atoms with Crippen molar-refractivity contribution in [1.29, 1.82) is 0 Å². The standard InChI is InChI=1S/CH3.2FH.In/h1H3;2*1H;/q;;;+2/p-2. The van der Waals surface area contributed by atoms with E-state index in [1.54, 1.807) is 0 Å². The van der Waals surface area contributed by atoms with Gasteiger partial charge >= 0.3 is 32.7 Å². The molecule has 0 atom stereocenters. The van der Waals surface area contributed by atoms with Crippen molar-refractivity contribution in [3.63, 3.8) is 0 Å². The van der Waals surface area contributed by atoms with Gasteiger partial charge in [-0.2, -0.15) is 0 Å². The molecule has 0 amide bonds. The molecule has 0 unspecified atom stereocenters. The van der Waals surface area contributed by atoms with Crippen molar-refractivity contribution in [2.24, 2.45) is 0 Å². The molecule has 0 heterocycles. The summed E-state index contributed by atoms with van der Waals surface area (Å²) in [7, 11) is 0. The van der Waals surface area contributed by atoms with Crippen LogP contribution in [0.25, 0.3) is 0 Å². The van der Waals surface area contributed by atoms with Crippen LogP contribution in [0.2, 0.25) is 4.68 Å². The molecule has 0 N–H and O–H groups in total.